The highest BCUT2D eigenvalue weighted by Crippen LogP contribution is 2.37. The monoisotopic (exact) mass is 366 g/mol. The van der Waals surface area contributed by atoms with Crippen LogP contribution in [0.15, 0.2) is 48.3 Å². The van der Waals surface area contributed by atoms with E-state index in [9.17, 15) is 0 Å². The average molecular weight is 367 g/mol. The Balaban J connectivity index is 2.16. The maximum absolute atomic E-state index is 6.14. The number of hydrogen-bond donors (Lipinski definition) is 0. The summed E-state index contributed by atoms with van der Waals surface area (Å²) >= 11 is 12.1. The largest absolute Gasteiger partial charge is 0.460 e. The third kappa shape index (κ3) is 4.89. The molecule has 0 unspecified atom stereocenters. The summed E-state index contributed by atoms with van der Waals surface area (Å²) in [4.78, 5) is 0. The predicted molar refractivity (Wildman–Crippen MR) is 102 cm³/mol. The van der Waals surface area contributed by atoms with E-state index in [0.29, 0.717) is 28.3 Å². The van der Waals surface area contributed by atoms with Gasteiger partial charge >= 0.3 is 0 Å². The molecule has 0 fully saturated rings. The Morgan fingerprint density at radius 3 is 2.50 bits per heavy atom. The van der Waals surface area contributed by atoms with Gasteiger partial charge < -0.3 is 9.47 Å². The van der Waals surface area contributed by atoms with Gasteiger partial charge in [-0.25, -0.2) is 0 Å². The lowest BCUT2D eigenvalue weighted by molar-refractivity contribution is 0.0438. The topological polar surface area (TPSA) is 18.5 Å². The van der Waals surface area contributed by atoms with Gasteiger partial charge in [-0.2, -0.15) is 0 Å². The van der Waals surface area contributed by atoms with Crippen LogP contribution in [-0.2, 0) is 9.47 Å². The highest BCUT2D eigenvalue weighted by atomic mass is 35.5. The Bertz CT molecular complexity index is 685. The molecule has 1 aromatic carbocycles. The van der Waals surface area contributed by atoms with Gasteiger partial charge in [0.25, 0.3) is 0 Å². The lowest BCUT2D eigenvalue weighted by Crippen LogP contribution is -2.25. The third-order valence-electron chi connectivity index (χ3n) is 3.64. The molecular formula is C20H24Cl2O2. The van der Waals surface area contributed by atoms with Crippen LogP contribution in [0.2, 0.25) is 10.0 Å². The smallest absolute Gasteiger partial charge is 0.134 e. The summed E-state index contributed by atoms with van der Waals surface area (Å²) in [7, 11) is 0. The molecule has 130 valence electrons. The van der Waals surface area contributed by atoms with Crippen LogP contribution >= 0.6 is 23.2 Å². The summed E-state index contributed by atoms with van der Waals surface area (Å²) in [5, 5.41) is 1.02. The minimum atomic E-state index is -0.256. The van der Waals surface area contributed by atoms with E-state index < -0.39 is 0 Å². The Morgan fingerprint density at radius 2 is 1.88 bits per heavy atom. The summed E-state index contributed by atoms with van der Waals surface area (Å²) in [6.07, 6.45) is 3.86. The van der Waals surface area contributed by atoms with E-state index in [1.807, 2.05) is 18.2 Å². The van der Waals surface area contributed by atoms with Gasteiger partial charge in [0.1, 0.15) is 11.5 Å². The average Bonchev–Trinajstić information content (AvgIpc) is 2.49. The zero-order chi connectivity index (χ0) is 17.9. The molecule has 0 atom stereocenters. The molecule has 0 bridgehead atoms. The second-order valence-corrected chi connectivity index (χ2v) is 7.93. The molecule has 0 aliphatic carbocycles. The Morgan fingerprint density at radius 1 is 1.17 bits per heavy atom. The molecule has 0 radical (unpaired) electrons. The van der Waals surface area contributed by atoms with Crippen LogP contribution in [0.4, 0.5) is 0 Å². The molecule has 0 amide bonds. The fraction of sp³-hybridized carbons (Fsp3) is 0.400. The van der Waals surface area contributed by atoms with Crippen molar-refractivity contribution in [1.82, 2.24) is 0 Å². The predicted octanol–water partition coefficient (Wildman–Crippen LogP) is 6.50. The SMILES string of the molecule is C=C1C=C(c2ccc(Cl)c(Cl)c2)OC(C(C)(C)COCC(C)C)=C1. The fourth-order valence-electron chi connectivity index (χ4n) is 2.30. The van der Waals surface area contributed by atoms with Crippen LogP contribution in [0, 0.1) is 11.3 Å². The molecule has 0 N–H and O–H groups in total. The molecule has 0 saturated heterocycles. The van der Waals surface area contributed by atoms with Gasteiger partial charge in [-0.15, -0.1) is 0 Å². The first kappa shape index (κ1) is 19.1. The second kappa shape index (κ2) is 7.77. The summed E-state index contributed by atoms with van der Waals surface area (Å²) in [5.41, 5.74) is 1.50. The lowest BCUT2D eigenvalue weighted by Gasteiger charge is -2.31. The molecule has 2 rings (SSSR count). The first-order valence-electron chi connectivity index (χ1n) is 8.03. The number of allylic oxidation sites excluding steroid dienone is 3. The molecule has 1 heterocycles. The molecule has 4 heteroatoms. The van der Waals surface area contributed by atoms with E-state index in [4.69, 9.17) is 32.7 Å². The highest BCUT2D eigenvalue weighted by Gasteiger charge is 2.29. The first-order valence-corrected chi connectivity index (χ1v) is 8.78. The molecule has 0 spiro atoms. The summed E-state index contributed by atoms with van der Waals surface area (Å²) in [6.45, 7) is 13.9. The normalized spacial score (nSPS) is 15.2. The molecule has 1 aromatic rings. The van der Waals surface area contributed by atoms with E-state index in [2.05, 4.69) is 34.3 Å². The summed E-state index contributed by atoms with van der Waals surface area (Å²) in [5.74, 6) is 2.05. The van der Waals surface area contributed by atoms with Crippen molar-refractivity contribution in [3.63, 3.8) is 0 Å². The van der Waals surface area contributed by atoms with Gasteiger partial charge in [-0.3, -0.25) is 0 Å². The van der Waals surface area contributed by atoms with Gasteiger partial charge in [0, 0.05) is 17.6 Å². The molecule has 24 heavy (non-hydrogen) atoms. The Labute approximate surface area is 154 Å². The molecular weight excluding hydrogens is 343 g/mol. The van der Waals surface area contributed by atoms with Crippen LogP contribution in [0.5, 0.6) is 0 Å². The highest BCUT2D eigenvalue weighted by molar-refractivity contribution is 6.42. The number of benzene rings is 1. The van der Waals surface area contributed by atoms with Gasteiger partial charge in [0.15, 0.2) is 0 Å². The van der Waals surface area contributed by atoms with E-state index in [-0.39, 0.29) is 5.41 Å². The van der Waals surface area contributed by atoms with Crippen molar-refractivity contribution in [2.24, 2.45) is 11.3 Å². The van der Waals surface area contributed by atoms with Crippen LogP contribution < -0.4 is 0 Å². The summed E-state index contributed by atoms with van der Waals surface area (Å²) in [6, 6.07) is 5.45. The molecule has 1 aliphatic heterocycles. The van der Waals surface area contributed by atoms with E-state index in [1.165, 1.54) is 0 Å². The maximum Gasteiger partial charge on any atom is 0.134 e. The lowest BCUT2D eigenvalue weighted by atomic mass is 9.89. The van der Waals surface area contributed by atoms with Gasteiger partial charge in [0.05, 0.1) is 16.7 Å². The first-order chi connectivity index (χ1) is 11.2. The van der Waals surface area contributed by atoms with E-state index >= 15 is 0 Å². The fourth-order valence-corrected chi connectivity index (χ4v) is 2.60. The number of ether oxygens (including phenoxy) is 2. The zero-order valence-corrected chi connectivity index (χ0v) is 16.2. The molecule has 1 aliphatic rings. The van der Waals surface area contributed by atoms with Crippen LogP contribution in [0.3, 0.4) is 0 Å². The number of hydrogen-bond acceptors (Lipinski definition) is 2. The van der Waals surface area contributed by atoms with Crippen molar-refractivity contribution in [3.05, 3.63) is 63.9 Å². The third-order valence-corrected chi connectivity index (χ3v) is 4.38. The van der Waals surface area contributed by atoms with Crippen LogP contribution in [-0.4, -0.2) is 13.2 Å². The van der Waals surface area contributed by atoms with Gasteiger partial charge in [0.2, 0.25) is 0 Å². The van der Waals surface area contributed by atoms with Crippen molar-refractivity contribution in [1.29, 1.82) is 0 Å². The Kier molecular flexibility index (Phi) is 6.19. The van der Waals surface area contributed by atoms with E-state index in [1.54, 1.807) is 12.1 Å². The van der Waals surface area contributed by atoms with Crippen molar-refractivity contribution >= 4 is 29.0 Å². The van der Waals surface area contributed by atoms with E-state index in [0.717, 1.165) is 23.5 Å². The minimum Gasteiger partial charge on any atom is -0.460 e. The quantitative estimate of drug-likeness (QED) is 0.571. The standard InChI is InChI=1S/C20H24Cl2O2/c1-13(2)11-23-12-20(4,5)19-9-14(3)8-18(24-19)15-6-7-16(21)17(22)10-15/h6-10,13H,3,11-12H2,1-2,4-5H3. The number of rotatable bonds is 6. The number of halogens is 2. The second-order valence-electron chi connectivity index (χ2n) is 7.12. The van der Waals surface area contributed by atoms with Gasteiger partial charge in [-0.05, 0) is 41.8 Å². The van der Waals surface area contributed by atoms with Crippen molar-refractivity contribution < 1.29 is 9.47 Å². The molecule has 0 aromatic heterocycles. The molecule has 2 nitrogen and oxygen atoms in total. The van der Waals surface area contributed by atoms with Crippen molar-refractivity contribution in [3.8, 4) is 0 Å². The summed E-state index contributed by atoms with van der Waals surface area (Å²) < 4.78 is 12.0. The molecule has 0 saturated carbocycles. The van der Waals surface area contributed by atoms with Crippen LogP contribution in [0.1, 0.15) is 33.3 Å². The van der Waals surface area contributed by atoms with Gasteiger partial charge in [-0.1, -0.05) is 57.5 Å². The van der Waals surface area contributed by atoms with Crippen LogP contribution in [0.25, 0.3) is 5.76 Å². The maximum atomic E-state index is 6.14. The van der Waals surface area contributed by atoms with Crippen molar-refractivity contribution in [2.75, 3.05) is 13.2 Å². The minimum absolute atomic E-state index is 0.256. The Hall–Kier alpha value is -1.22. The zero-order valence-electron chi connectivity index (χ0n) is 14.7. The van der Waals surface area contributed by atoms with Crippen molar-refractivity contribution in [2.45, 2.75) is 27.7 Å².